The molecule has 0 saturated carbocycles. The van der Waals surface area contributed by atoms with Gasteiger partial charge in [-0.05, 0) is 17.7 Å². The normalized spacial score (nSPS) is 19.5. The Bertz CT molecular complexity index is 722. The van der Waals surface area contributed by atoms with Crippen molar-refractivity contribution in [2.24, 2.45) is 0 Å². The molecule has 3 amide bonds. The van der Waals surface area contributed by atoms with E-state index in [1.54, 1.807) is 13.0 Å². The third-order valence-electron chi connectivity index (χ3n) is 4.21. The lowest BCUT2D eigenvalue weighted by molar-refractivity contribution is -0.121. The van der Waals surface area contributed by atoms with Gasteiger partial charge in [0.1, 0.15) is 11.9 Å². The van der Waals surface area contributed by atoms with Crippen molar-refractivity contribution in [3.63, 3.8) is 0 Å². The first-order chi connectivity index (χ1) is 11.4. The maximum Gasteiger partial charge on any atom is 0.414 e. The van der Waals surface area contributed by atoms with Crippen molar-refractivity contribution in [1.29, 1.82) is 0 Å². The lowest BCUT2D eigenvalue weighted by atomic mass is 10.1. The fourth-order valence-corrected chi connectivity index (χ4v) is 2.90. The highest BCUT2D eigenvalue weighted by atomic mass is 19.1. The Hall–Kier alpha value is -2.64. The number of halogens is 1. The predicted octanol–water partition coefficient (Wildman–Crippen LogP) is 1.20. The molecule has 1 aromatic carbocycles. The van der Waals surface area contributed by atoms with Crippen molar-refractivity contribution < 1.29 is 23.5 Å². The highest BCUT2D eigenvalue weighted by Gasteiger charge is 2.35. The van der Waals surface area contributed by atoms with E-state index in [2.05, 4.69) is 5.32 Å². The lowest BCUT2D eigenvalue weighted by Crippen LogP contribution is -2.34. The minimum atomic E-state index is -0.595. The van der Waals surface area contributed by atoms with Crippen LogP contribution in [0, 0.1) is 5.82 Å². The van der Waals surface area contributed by atoms with E-state index in [9.17, 15) is 18.8 Å². The molecular weight excluding hydrogens is 317 g/mol. The van der Waals surface area contributed by atoms with E-state index in [1.165, 1.54) is 22.9 Å². The number of hydrogen-bond donors (Lipinski definition) is 1. The summed E-state index contributed by atoms with van der Waals surface area (Å²) < 4.78 is 19.5. The summed E-state index contributed by atoms with van der Waals surface area (Å²) in [6, 6.07) is 2.86. The van der Waals surface area contributed by atoms with Gasteiger partial charge in [-0.1, -0.05) is 6.92 Å². The predicted molar refractivity (Wildman–Crippen MR) is 84.4 cm³/mol. The summed E-state index contributed by atoms with van der Waals surface area (Å²) in [7, 11) is 1.52. The quantitative estimate of drug-likeness (QED) is 0.897. The van der Waals surface area contributed by atoms with E-state index < -0.39 is 18.0 Å². The monoisotopic (exact) mass is 335 g/mol. The van der Waals surface area contributed by atoms with Crippen molar-refractivity contribution in [2.75, 3.05) is 29.9 Å². The van der Waals surface area contributed by atoms with E-state index >= 15 is 0 Å². The molecule has 1 aromatic rings. The number of rotatable bonds is 4. The third kappa shape index (κ3) is 2.79. The zero-order valence-electron chi connectivity index (χ0n) is 13.5. The Morgan fingerprint density at radius 2 is 2.17 bits per heavy atom. The Morgan fingerprint density at radius 1 is 1.42 bits per heavy atom. The fourth-order valence-electron chi connectivity index (χ4n) is 2.90. The summed E-state index contributed by atoms with van der Waals surface area (Å²) in [5, 5.41) is 2.66. The van der Waals surface area contributed by atoms with Crippen LogP contribution in [0.3, 0.4) is 0 Å². The first-order valence-corrected chi connectivity index (χ1v) is 7.74. The van der Waals surface area contributed by atoms with Crippen molar-refractivity contribution in [2.45, 2.75) is 25.9 Å². The van der Waals surface area contributed by atoms with Gasteiger partial charge < -0.3 is 15.0 Å². The van der Waals surface area contributed by atoms with E-state index in [1.807, 2.05) is 0 Å². The standard InChI is InChI=1S/C16H18FN3O4/c1-3-13(21)18-7-11-8-20(16(23)24-11)10-4-9-5-14(22)19(2)15(9)12(17)6-10/h4,6,11H,3,5,7-8H2,1-2H3,(H,18,21). The number of carbonyl (C=O) groups is 3. The SMILES string of the molecule is CCC(=O)NCC1CN(c2cc(F)c3c(c2)CC(=O)N3C)C(=O)O1. The Labute approximate surface area is 138 Å². The molecule has 1 fully saturated rings. The van der Waals surface area contributed by atoms with Crippen LogP contribution in [0.2, 0.25) is 0 Å². The van der Waals surface area contributed by atoms with Gasteiger partial charge in [-0.15, -0.1) is 0 Å². The van der Waals surface area contributed by atoms with Gasteiger partial charge in [0.05, 0.1) is 30.9 Å². The highest BCUT2D eigenvalue weighted by molar-refractivity contribution is 6.02. The lowest BCUT2D eigenvalue weighted by Gasteiger charge is -2.16. The number of nitrogens with one attached hydrogen (secondary N) is 1. The van der Waals surface area contributed by atoms with Crippen LogP contribution in [-0.2, 0) is 20.7 Å². The second-order valence-corrected chi connectivity index (χ2v) is 5.84. The van der Waals surface area contributed by atoms with Gasteiger partial charge in [0.2, 0.25) is 11.8 Å². The number of benzene rings is 1. The van der Waals surface area contributed by atoms with Gasteiger partial charge in [0, 0.05) is 13.5 Å². The summed E-state index contributed by atoms with van der Waals surface area (Å²) >= 11 is 0. The van der Waals surface area contributed by atoms with Crippen LogP contribution in [0.25, 0.3) is 0 Å². The first kappa shape index (κ1) is 16.2. The van der Waals surface area contributed by atoms with Crippen LogP contribution < -0.4 is 15.1 Å². The van der Waals surface area contributed by atoms with Crippen LogP contribution in [0.4, 0.5) is 20.6 Å². The molecule has 2 heterocycles. The molecule has 0 spiro atoms. The average molecular weight is 335 g/mol. The smallest absolute Gasteiger partial charge is 0.414 e. The highest BCUT2D eigenvalue weighted by Crippen LogP contribution is 2.35. The molecule has 0 aliphatic carbocycles. The summed E-state index contributed by atoms with van der Waals surface area (Å²) in [6.45, 7) is 2.16. The van der Waals surface area contributed by atoms with Crippen LogP contribution in [0.5, 0.6) is 0 Å². The number of amides is 3. The molecule has 1 N–H and O–H groups in total. The van der Waals surface area contributed by atoms with E-state index in [0.717, 1.165) is 0 Å². The molecule has 24 heavy (non-hydrogen) atoms. The van der Waals surface area contributed by atoms with Crippen LogP contribution in [-0.4, -0.2) is 44.1 Å². The third-order valence-corrected chi connectivity index (χ3v) is 4.21. The molecule has 7 nitrogen and oxygen atoms in total. The molecule has 2 aliphatic rings. The molecule has 0 aromatic heterocycles. The number of likely N-dealkylation sites (N-methyl/N-ethyl adjacent to an activating group) is 1. The molecule has 0 bridgehead atoms. The van der Waals surface area contributed by atoms with Crippen LogP contribution in [0.1, 0.15) is 18.9 Å². The minimum Gasteiger partial charge on any atom is -0.442 e. The molecule has 2 aliphatic heterocycles. The second-order valence-electron chi connectivity index (χ2n) is 5.84. The van der Waals surface area contributed by atoms with Gasteiger partial charge in [-0.25, -0.2) is 9.18 Å². The minimum absolute atomic E-state index is 0.107. The summed E-state index contributed by atoms with van der Waals surface area (Å²) in [5.41, 5.74) is 1.15. The van der Waals surface area contributed by atoms with E-state index in [0.29, 0.717) is 17.7 Å². The summed E-state index contributed by atoms with van der Waals surface area (Å²) in [4.78, 5) is 37.6. The van der Waals surface area contributed by atoms with Gasteiger partial charge in [-0.3, -0.25) is 14.5 Å². The van der Waals surface area contributed by atoms with Crippen LogP contribution in [0.15, 0.2) is 12.1 Å². The Kier molecular flexibility index (Phi) is 4.13. The van der Waals surface area contributed by atoms with Gasteiger partial charge in [-0.2, -0.15) is 0 Å². The number of hydrogen-bond acceptors (Lipinski definition) is 4. The summed E-state index contributed by atoms with van der Waals surface area (Å²) in [6.07, 6.45) is -0.631. The Morgan fingerprint density at radius 3 is 2.88 bits per heavy atom. The number of ether oxygens (including phenoxy) is 1. The number of nitrogens with zero attached hydrogens (tertiary/aromatic N) is 2. The number of carbonyl (C=O) groups excluding carboxylic acids is 3. The zero-order valence-corrected chi connectivity index (χ0v) is 13.5. The molecule has 8 heteroatoms. The molecule has 128 valence electrons. The maximum atomic E-state index is 14.3. The molecule has 3 rings (SSSR count). The number of cyclic esters (lactones) is 1. The zero-order chi connectivity index (χ0) is 17.4. The topological polar surface area (TPSA) is 79.0 Å². The van der Waals surface area contributed by atoms with Gasteiger partial charge in [0.25, 0.3) is 0 Å². The van der Waals surface area contributed by atoms with Crippen molar-refractivity contribution in [3.8, 4) is 0 Å². The van der Waals surface area contributed by atoms with Gasteiger partial charge >= 0.3 is 6.09 Å². The maximum absolute atomic E-state index is 14.3. The summed E-state index contributed by atoms with van der Waals surface area (Å²) in [5.74, 6) is -0.869. The number of fused-ring (bicyclic) bond motifs is 1. The first-order valence-electron chi connectivity index (χ1n) is 7.74. The average Bonchev–Trinajstić information content (AvgIpc) is 3.05. The fraction of sp³-hybridized carbons (Fsp3) is 0.438. The molecular formula is C16H18FN3O4. The molecule has 1 saturated heterocycles. The molecule has 0 radical (unpaired) electrons. The van der Waals surface area contributed by atoms with Crippen molar-refractivity contribution >= 4 is 29.3 Å². The largest absolute Gasteiger partial charge is 0.442 e. The second kappa shape index (κ2) is 6.10. The number of anilines is 2. The van der Waals surface area contributed by atoms with E-state index in [4.69, 9.17) is 4.74 Å². The Balaban J connectivity index is 1.77. The van der Waals surface area contributed by atoms with Crippen molar-refractivity contribution in [3.05, 3.63) is 23.5 Å². The van der Waals surface area contributed by atoms with Crippen molar-refractivity contribution in [1.82, 2.24) is 5.32 Å². The molecule has 1 atom stereocenters. The van der Waals surface area contributed by atoms with E-state index in [-0.39, 0.29) is 37.0 Å². The molecule has 1 unspecified atom stereocenters. The van der Waals surface area contributed by atoms with Crippen LogP contribution >= 0.6 is 0 Å². The van der Waals surface area contributed by atoms with Gasteiger partial charge in [0.15, 0.2) is 0 Å².